The summed E-state index contributed by atoms with van der Waals surface area (Å²) in [5, 5.41) is 16.4. The Kier molecular flexibility index (Phi) is 5.50. The summed E-state index contributed by atoms with van der Waals surface area (Å²) in [5.41, 5.74) is 2.15. The van der Waals surface area contributed by atoms with Crippen LogP contribution in [0, 0.1) is 6.92 Å². The molecule has 0 fully saturated rings. The fourth-order valence-electron chi connectivity index (χ4n) is 2.77. The largest absolute Gasteiger partial charge is 0.320 e. The molecule has 1 heterocycles. The molecule has 0 atom stereocenters. The first-order chi connectivity index (χ1) is 13.2. The van der Waals surface area contributed by atoms with Gasteiger partial charge < -0.3 is 5.32 Å². The third-order valence-electron chi connectivity index (χ3n) is 4.17. The van der Waals surface area contributed by atoms with Gasteiger partial charge in [0.15, 0.2) is 5.69 Å². The van der Waals surface area contributed by atoms with Gasteiger partial charge >= 0.3 is 0 Å². The Bertz CT molecular complexity index is 1160. The topological polar surface area (TPSA) is 120 Å². The predicted molar refractivity (Wildman–Crippen MR) is 106 cm³/mol. The molecule has 2 aromatic carbocycles. The third-order valence-corrected chi connectivity index (χ3v) is 5.40. The summed E-state index contributed by atoms with van der Waals surface area (Å²) in [6.07, 6.45) is 0.493. The minimum atomic E-state index is -3.91. The quantitative estimate of drug-likeness (QED) is 0.658. The van der Waals surface area contributed by atoms with Gasteiger partial charge in [0.1, 0.15) is 0 Å². The van der Waals surface area contributed by atoms with Crippen LogP contribution >= 0.6 is 11.6 Å². The zero-order chi connectivity index (χ0) is 20.5. The Morgan fingerprint density at radius 2 is 2.00 bits per heavy atom. The van der Waals surface area contributed by atoms with E-state index in [1.165, 1.54) is 10.7 Å². The number of aryl methyl sites for hydroxylation is 1. The molecule has 0 spiro atoms. The van der Waals surface area contributed by atoms with Crippen LogP contribution in [0.25, 0.3) is 5.69 Å². The normalized spacial score (nSPS) is 11.4. The minimum absolute atomic E-state index is 0.0212. The second kappa shape index (κ2) is 7.70. The monoisotopic (exact) mass is 419 g/mol. The number of halogens is 1. The third kappa shape index (κ3) is 4.06. The molecular formula is C18H18ClN5O3S. The average Bonchev–Trinajstić information content (AvgIpc) is 3.02. The molecule has 3 N–H and O–H groups in total. The van der Waals surface area contributed by atoms with Gasteiger partial charge in [0.05, 0.1) is 16.3 Å². The second-order valence-electron chi connectivity index (χ2n) is 6.09. The van der Waals surface area contributed by atoms with Crippen molar-refractivity contribution >= 4 is 33.2 Å². The van der Waals surface area contributed by atoms with E-state index in [9.17, 15) is 13.2 Å². The van der Waals surface area contributed by atoms with Crippen molar-refractivity contribution in [2.24, 2.45) is 5.14 Å². The van der Waals surface area contributed by atoms with E-state index in [1.54, 1.807) is 43.3 Å². The van der Waals surface area contributed by atoms with Crippen molar-refractivity contribution in [3.63, 3.8) is 0 Å². The molecule has 0 aliphatic rings. The highest BCUT2D eigenvalue weighted by Crippen LogP contribution is 2.22. The van der Waals surface area contributed by atoms with Crippen molar-refractivity contribution in [3.05, 3.63) is 64.4 Å². The van der Waals surface area contributed by atoms with Crippen molar-refractivity contribution in [2.75, 3.05) is 5.32 Å². The summed E-state index contributed by atoms with van der Waals surface area (Å²) >= 11 is 6.00. The Balaban J connectivity index is 1.91. The van der Waals surface area contributed by atoms with E-state index in [-0.39, 0.29) is 10.6 Å². The smallest absolute Gasteiger partial charge is 0.278 e. The predicted octanol–water partition coefficient (Wildman–Crippen LogP) is 2.69. The van der Waals surface area contributed by atoms with Gasteiger partial charge in [0.2, 0.25) is 10.0 Å². The number of primary sulfonamides is 1. The van der Waals surface area contributed by atoms with E-state index in [1.807, 2.05) is 6.92 Å². The molecule has 0 aliphatic heterocycles. The van der Waals surface area contributed by atoms with Crippen LogP contribution in [0.5, 0.6) is 0 Å². The zero-order valence-corrected chi connectivity index (χ0v) is 16.8. The first kappa shape index (κ1) is 20.0. The molecule has 0 bridgehead atoms. The van der Waals surface area contributed by atoms with Gasteiger partial charge in [-0.1, -0.05) is 35.9 Å². The summed E-state index contributed by atoms with van der Waals surface area (Å²) in [4.78, 5) is 12.6. The lowest BCUT2D eigenvalue weighted by molar-refractivity contribution is 0.102. The van der Waals surface area contributed by atoms with Gasteiger partial charge in [-0.3, -0.25) is 4.79 Å². The van der Waals surface area contributed by atoms with Gasteiger partial charge in [-0.2, -0.15) is 0 Å². The molecule has 0 aliphatic carbocycles. The molecule has 0 saturated heterocycles. The summed E-state index contributed by atoms with van der Waals surface area (Å²) < 4.78 is 25.1. The summed E-state index contributed by atoms with van der Waals surface area (Å²) in [7, 11) is -3.91. The number of sulfonamides is 1. The van der Waals surface area contributed by atoms with Crippen LogP contribution < -0.4 is 10.5 Å². The number of nitrogens with one attached hydrogen (secondary N) is 1. The molecule has 0 radical (unpaired) electrons. The molecule has 28 heavy (non-hydrogen) atoms. The van der Waals surface area contributed by atoms with Crippen LogP contribution in [-0.4, -0.2) is 29.3 Å². The molecule has 1 aromatic heterocycles. The fraction of sp³-hybridized carbons (Fsp3) is 0.167. The standard InChI is InChI=1S/C18H18ClN5O3S/c1-3-12-7-8-14(10-16(12)28(20,26)27)21-18(25)17-11(2)24(23-22-17)15-6-4-5-13(19)9-15/h4-10H,3H2,1-2H3,(H,21,25)(H2,20,26,27). The molecule has 146 valence electrons. The maximum atomic E-state index is 12.6. The number of carbonyl (C=O) groups excluding carboxylic acids is 1. The van der Waals surface area contributed by atoms with Gasteiger partial charge in [0.25, 0.3) is 5.91 Å². The number of nitrogens with two attached hydrogens (primary N) is 1. The first-order valence-corrected chi connectivity index (χ1v) is 10.3. The van der Waals surface area contributed by atoms with Crippen molar-refractivity contribution in [3.8, 4) is 5.69 Å². The van der Waals surface area contributed by atoms with Gasteiger partial charge in [-0.05, 0) is 49.2 Å². The van der Waals surface area contributed by atoms with E-state index in [0.717, 1.165) is 0 Å². The lowest BCUT2D eigenvalue weighted by Gasteiger charge is -2.10. The SMILES string of the molecule is CCc1ccc(NC(=O)c2nnn(-c3cccc(Cl)c3)c2C)cc1S(N)(=O)=O. The summed E-state index contributed by atoms with van der Waals surface area (Å²) in [6, 6.07) is 11.6. The summed E-state index contributed by atoms with van der Waals surface area (Å²) in [6.45, 7) is 3.52. The number of anilines is 1. The number of hydrogen-bond acceptors (Lipinski definition) is 5. The van der Waals surface area contributed by atoms with E-state index in [0.29, 0.717) is 34.1 Å². The van der Waals surface area contributed by atoms with Gasteiger partial charge in [0, 0.05) is 10.7 Å². The fourth-order valence-corrected chi connectivity index (χ4v) is 3.83. The maximum Gasteiger partial charge on any atom is 0.278 e. The number of benzene rings is 2. The van der Waals surface area contributed by atoms with Crippen LogP contribution in [0.3, 0.4) is 0 Å². The van der Waals surface area contributed by atoms with Crippen molar-refractivity contribution in [2.45, 2.75) is 25.2 Å². The zero-order valence-electron chi connectivity index (χ0n) is 15.2. The van der Waals surface area contributed by atoms with Crippen LogP contribution in [-0.2, 0) is 16.4 Å². The maximum absolute atomic E-state index is 12.6. The molecule has 0 saturated carbocycles. The number of rotatable bonds is 5. The average molecular weight is 420 g/mol. The number of carbonyl (C=O) groups is 1. The molecule has 10 heteroatoms. The highest BCUT2D eigenvalue weighted by Gasteiger charge is 2.19. The minimum Gasteiger partial charge on any atom is -0.320 e. The number of amides is 1. The summed E-state index contributed by atoms with van der Waals surface area (Å²) in [5.74, 6) is -0.518. The van der Waals surface area contributed by atoms with E-state index >= 15 is 0 Å². The van der Waals surface area contributed by atoms with Crippen molar-refractivity contribution in [1.82, 2.24) is 15.0 Å². The van der Waals surface area contributed by atoms with Crippen LogP contribution in [0.2, 0.25) is 5.02 Å². The second-order valence-corrected chi connectivity index (χ2v) is 8.06. The lowest BCUT2D eigenvalue weighted by Crippen LogP contribution is -2.17. The molecule has 8 nitrogen and oxygen atoms in total. The molecule has 1 amide bonds. The molecule has 3 aromatic rings. The Hall–Kier alpha value is -2.75. The first-order valence-electron chi connectivity index (χ1n) is 8.36. The van der Waals surface area contributed by atoms with Gasteiger partial charge in [-0.25, -0.2) is 18.2 Å². The van der Waals surface area contributed by atoms with E-state index < -0.39 is 15.9 Å². The highest BCUT2D eigenvalue weighted by molar-refractivity contribution is 7.89. The number of aromatic nitrogens is 3. The van der Waals surface area contributed by atoms with Crippen molar-refractivity contribution < 1.29 is 13.2 Å². The van der Waals surface area contributed by atoms with Crippen molar-refractivity contribution in [1.29, 1.82) is 0 Å². The lowest BCUT2D eigenvalue weighted by atomic mass is 10.1. The molecule has 0 unspecified atom stereocenters. The van der Waals surface area contributed by atoms with Crippen LogP contribution in [0.1, 0.15) is 28.7 Å². The Labute approximate surface area is 167 Å². The van der Waals surface area contributed by atoms with E-state index in [4.69, 9.17) is 16.7 Å². The van der Waals surface area contributed by atoms with E-state index in [2.05, 4.69) is 15.6 Å². The van der Waals surface area contributed by atoms with Gasteiger partial charge in [-0.15, -0.1) is 5.10 Å². The van der Waals surface area contributed by atoms with Crippen LogP contribution in [0.4, 0.5) is 5.69 Å². The Morgan fingerprint density at radius 1 is 1.25 bits per heavy atom. The Morgan fingerprint density at radius 3 is 2.64 bits per heavy atom. The highest BCUT2D eigenvalue weighted by atomic mass is 35.5. The van der Waals surface area contributed by atoms with Crippen LogP contribution in [0.15, 0.2) is 47.4 Å². The number of hydrogen-bond donors (Lipinski definition) is 2. The molecular weight excluding hydrogens is 402 g/mol. The molecule has 3 rings (SSSR count). The number of nitrogens with zero attached hydrogens (tertiary/aromatic N) is 3.